The molecule has 9 rings (SSSR count). The Morgan fingerprint density at radius 3 is 1.31 bits per heavy atom. The third-order valence-corrected chi connectivity index (χ3v) is 11.7. The molecule has 0 fully saturated rings. The number of nitrogens with one attached hydrogen (secondary N) is 5. The normalized spacial score (nSPS) is 10.9. The van der Waals surface area contributed by atoms with Gasteiger partial charge in [-0.25, -0.2) is 0 Å². The maximum atomic E-state index is 12.4. The number of carbonyl (C=O) groups excluding carboxylic acids is 5. The smallest absolute Gasteiger partial charge is 0.416 e. The molecule has 0 aliphatic carbocycles. The number of hydrogen-bond acceptors (Lipinski definition) is 15. The van der Waals surface area contributed by atoms with E-state index in [-0.39, 0.29) is 51.7 Å². The third kappa shape index (κ3) is 21.4. The number of anilines is 5. The van der Waals surface area contributed by atoms with Gasteiger partial charge in [-0.05, 0) is 144 Å². The third-order valence-electron chi connectivity index (χ3n) is 10.8. The molecule has 4 aromatic heterocycles. The predicted octanol–water partition coefficient (Wildman–Crippen LogP) is 15.2. The lowest BCUT2D eigenvalue weighted by molar-refractivity contribution is -0.138. The van der Waals surface area contributed by atoms with Crippen molar-refractivity contribution in [3.63, 3.8) is 0 Å². The Bertz CT molecular complexity index is 3910. The van der Waals surface area contributed by atoms with E-state index >= 15 is 0 Å². The molecule has 5 aromatic carbocycles. The van der Waals surface area contributed by atoms with Crippen molar-refractivity contribution in [2.45, 2.75) is 53.9 Å². The molecule has 29 heteroatoms. The average molecular weight is 1260 g/mol. The second kappa shape index (κ2) is 31.1. The van der Waals surface area contributed by atoms with Gasteiger partial charge in [0, 0.05) is 40.3 Å². The summed E-state index contributed by atoms with van der Waals surface area (Å²) in [6, 6.07) is 33.3. The van der Waals surface area contributed by atoms with Crippen LogP contribution in [0.5, 0.6) is 0 Å². The first kappa shape index (κ1) is 67.6. The highest BCUT2D eigenvalue weighted by Crippen LogP contribution is 2.31. The molecule has 5 amide bonds. The second-order valence-electron chi connectivity index (χ2n) is 17.7. The van der Waals surface area contributed by atoms with E-state index in [0.717, 1.165) is 48.9 Å². The highest BCUT2D eigenvalue weighted by molar-refractivity contribution is 6.34. The molecule has 87 heavy (non-hydrogen) atoms. The van der Waals surface area contributed by atoms with E-state index in [2.05, 4.69) is 47.2 Å². The number of halogens is 9. The molecule has 0 aliphatic heterocycles. The van der Waals surface area contributed by atoms with E-state index in [4.69, 9.17) is 63.3 Å². The van der Waals surface area contributed by atoms with Crippen LogP contribution in [-0.4, -0.2) is 55.3 Å². The van der Waals surface area contributed by atoms with Crippen LogP contribution in [0, 0.1) is 45.9 Å². The summed E-state index contributed by atoms with van der Waals surface area (Å²) in [6.07, 6.45) is -7.61. The summed E-state index contributed by atoms with van der Waals surface area (Å²) in [5.41, 5.74) is 2.00. The monoisotopic (exact) mass is 1260 g/mol. The molecule has 0 bridgehead atoms. The molecule has 0 radical (unpaired) electrons. The van der Waals surface area contributed by atoms with Crippen molar-refractivity contribution >= 4 is 92.8 Å². The molecule has 0 spiro atoms. The first-order chi connectivity index (χ1) is 41.0. The van der Waals surface area contributed by atoms with Crippen molar-refractivity contribution in [1.82, 2.24) is 20.6 Å². The van der Waals surface area contributed by atoms with E-state index in [1.165, 1.54) is 24.4 Å². The van der Waals surface area contributed by atoms with E-state index in [1.54, 1.807) is 107 Å². The van der Waals surface area contributed by atoms with Crippen molar-refractivity contribution < 1.29 is 73.5 Å². The number of aliphatic hydroxyl groups excluding tert-OH is 1. The lowest BCUT2D eigenvalue weighted by Gasteiger charge is -2.08. The van der Waals surface area contributed by atoms with Crippen LogP contribution >= 0.6 is 34.8 Å². The number of rotatable bonds is 10. The summed E-state index contributed by atoms with van der Waals surface area (Å²) in [6.45, 7) is 9.83. The SMILES string of the molecule is C/C(O)=C(/C#N)C(=O)Nc1ccc(C(F)(F)F)cc1.Cc1cc(C(=O)Nc2ccc(Cl)cc2)no1.Cc1cc(C(=O)Nc2ccccc2Cl)no1.Cc1ccc(NC(=O)c2cc(C)on2)c(Cl)c1.Cc1oncc1C(=O)Nc1ccc(C(F)(F)F)cc1. The lowest BCUT2D eigenvalue weighted by atomic mass is 10.2. The standard InChI is InChI=1S/C12H11ClN2O2.2C12H9F3N2O2.2C11H9ClN2O2/c1-7-3-4-10(9(13)5-7)14-12(16)11-6-8(2)17-15-11;1-7-10(6-16-19-7)11(18)17-9-4-2-8(3-5-9)12(13,14)15;1-7(18)10(6-16)11(19)17-9-4-2-8(3-5-9)12(13,14)15;1-7-6-10(14-16-7)11(15)13-9-4-2-8(12)3-5-9;1-7-6-10(14-16-7)11(15)13-9-5-3-2-4-8(9)12/h3-6H,1-2H3,(H,14,16);2-6H,1H3,(H,17,18);2-5,18H,1H3,(H,17,19);2*2-6H,1H3,(H,13,15)/b;;10-7+;;. The Morgan fingerprint density at radius 1 is 0.517 bits per heavy atom. The summed E-state index contributed by atoms with van der Waals surface area (Å²) in [4.78, 5) is 58.3. The van der Waals surface area contributed by atoms with Gasteiger partial charge in [-0.2, -0.15) is 31.6 Å². The van der Waals surface area contributed by atoms with Crippen LogP contribution in [0.2, 0.25) is 15.1 Å². The fourth-order valence-corrected chi connectivity index (χ4v) is 7.09. The summed E-state index contributed by atoms with van der Waals surface area (Å²) in [5, 5.41) is 46.2. The minimum absolute atomic E-state index is 0.0898. The molecule has 20 nitrogen and oxygen atoms in total. The first-order valence-electron chi connectivity index (χ1n) is 24.7. The van der Waals surface area contributed by atoms with Crippen LogP contribution in [-0.2, 0) is 17.1 Å². The summed E-state index contributed by atoms with van der Waals surface area (Å²) in [7, 11) is 0. The quantitative estimate of drug-likeness (QED) is 0.0321. The number of carbonyl (C=O) groups is 5. The highest BCUT2D eigenvalue weighted by Gasteiger charge is 2.31. The van der Waals surface area contributed by atoms with E-state index in [9.17, 15) is 50.3 Å². The Hall–Kier alpha value is -10.2. The summed E-state index contributed by atoms with van der Waals surface area (Å²) >= 11 is 17.6. The van der Waals surface area contributed by atoms with Crippen LogP contribution < -0.4 is 26.6 Å². The fraction of sp³-hybridized carbons (Fsp3) is 0.138. The first-order valence-corrected chi connectivity index (χ1v) is 25.8. The number of aliphatic hydroxyl groups is 1. The van der Waals surface area contributed by atoms with E-state index in [1.807, 2.05) is 13.0 Å². The Labute approximate surface area is 505 Å². The van der Waals surface area contributed by atoms with Gasteiger partial charge in [0.05, 0.1) is 38.7 Å². The van der Waals surface area contributed by atoms with Crippen molar-refractivity contribution in [3.8, 4) is 6.07 Å². The van der Waals surface area contributed by atoms with E-state index in [0.29, 0.717) is 55.2 Å². The van der Waals surface area contributed by atoms with Crippen LogP contribution in [0.1, 0.15) is 88.5 Å². The number of benzene rings is 5. The van der Waals surface area contributed by atoms with Crippen molar-refractivity contribution in [3.05, 3.63) is 228 Å². The molecule has 452 valence electrons. The molecule has 0 saturated carbocycles. The van der Waals surface area contributed by atoms with Crippen molar-refractivity contribution in [1.29, 1.82) is 5.26 Å². The number of nitrogens with zero attached hydrogens (tertiary/aromatic N) is 5. The zero-order valence-electron chi connectivity index (χ0n) is 46.0. The molecule has 9 aromatic rings. The van der Waals surface area contributed by atoms with Crippen LogP contribution in [0.15, 0.2) is 169 Å². The van der Waals surface area contributed by atoms with Crippen molar-refractivity contribution in [2.24, 2.45) is 0 Å². The predicted molar refractivity (Wildman–Crippen MR) is 308 cm³/mol. The van der Waals surface area contributed by atoms with E-state index < -0.39 is 46.6 Å². The van der Waals surface area contributed by atoms with Gasteiger partial charge in [0.2, 0.25) is 0 Å². The number of aromatic nitrogens is 4. The van der Waals surface area contributed by atoms with Gasteiger partial charge in [-0.3, -0.25) is 24.0 Å². The van der Waals surface area contributed by atoms with Crippen molar-refractivity contribution in [2.75, 3.05) is 26.6 Å². The minimum Gasteiger partial charge on any atom is -0.511 e. The van der Waals surface area contributed by atoms with Crippen LogP contribution in [0.4, 0.5) is 54.8 Å². The highest BCUT2D eigenvalue weighted by atomic mass is 35.5. The summed E-state index contributed by atoms with van der Waals surface area (Å²) < 4.78 is 93.1. The molecule has 0 aliphatic rings. The van der Waals surface area contributed by atoms with Gasteiger partial charge >= 0.3 is 12.4 Å². The largest absolute Gasteiger partial charge is 0.511 e. The molecule has 0 unspecified atom stereocenters. The van der Waals surface area contributed by atoms with Gasteiger partial charge in [0.1, 0.15) is 40.4 Å². The zero-order valence-corrected chi connectivity index (χ0v) is 48.3. The molecule has 6 N–H and O–H groups in total. The molecule has 0 saturated heterocycles. The van der Waals surface area contributed by atoms with Gasteiger partial charge < -0.3 is 49.8 Å². The summed E-state index contributed by atoms with van der Waals surface area (Å²) in [5.74, 6) is -0.718. The number of hydrogen-bond donors (Lipinski definition) is 6. The topological polar surface area (TPSA) is 294 Å². The lowest BCUT2D eigenvalue weighted by Crippen LogP contribution is -2.15. The minimum atomic E-state index is -4.46. The maximum Gasteiger partial charge on any atom is 0.416 e. The Kier molecular flexibility index (Phi) is 24.1. The Balaban J connectivity index is 0.000000199. The average Bonchev–Trinajstić information content (AvgIpc) is 4.41. The number of alkyl halides is 6. The zero-order chi connectivity index (χ0) is 64.2. The number of para-hydroxylation sites is 1. The number of allylic oxidation sites excluding steroid dienone is 1. The number of amides is 5. The maximum absolute atomic E-state index is 12.4. The van der Waals surface area contributed by atoms with Gasteiger partial charge in [0.25, 0.3) is 29.5 Å². The second-order valence-corrected chi connectivity index (χ2v) is 19.0. The van der Waals surface area contributed by atoms with Crippen LogP contribution in [0.3, 0.4) is 0 Å². The fourth-order valence-electron chi connectivity index (χ4n) is 6.50. The number of aryl methyl sites for hydroxylation is 5. The molecule has 4 heterocycles. The molecule has 0 atom stereocenters. The molecular weight excluding hydrogens is 1220 g/mol. The molecular formula is C58H47Cl3F6N10O10. The van der Waals surface area contributed by atoms with Gasteiger partial charge in [-0.1, -0.05) is 73.6 Å². The number of nitriles is 1. The Morgan fingerprint density at radius 2 is 0.931 bits per heavy atom. The van der Waals surface area contributed by atoms with Gasteiger partial charge in [0.15, 0.2) is 22.7 Å². The van der Waals surface area contributed by atoms with Gasteiger partial charge in [-0.15, -0.1) is 0 Å². The van der Waals surface area contributed by atoms with Crippen LogP contribution in [0.25, 0.3) is 0 Å².